The molecule has 0 aliphatic rings. The zero-order valence-electron chi connectivity index (χ0n) is 10.9. The Hall–Kier alpha value is -2.41. The number of pyridine rings is 1. The third kappa shape index (κ3) is 3.19. The van der Waals surface area contributed by atoms with Gasteiger partial charge in [0.1, 0.15) is 11.5 Å². The third-order valence-corrected chi connectivity index (χ3v) is 3.76. The van der Waals surface area contributed by atoms with Crippen molar-refractivity contribution in [3.8, 4) is 11.5 Å². The Bertz CT molecular complexity index is 748. The molecule has 0 amide bonds. The lowest BCUT2D eigenvalue weighted by Crippen LogP contribution is -1.90. The van der Waals surface area contributed by atoms with Gasteiger partial charge in [-0.2, -0.15) is 4.98 Å². The van der Waals surface area contributed by atoms with Gasteiger partial charge in [-0.05, 0) is 30.3 Å². The van der Waals surface area contributed by atoms with E-state index in [0.29, 0.717) is 28.8 Å². The van der Waals surface area contributed by atoms with Crippen LogP contribution in [0.5, 0.6) is 0 Å². The maximum absolute atomic E-state index is 13.0. The molecule has 0 aliphatic carbocycles. The molecule has 0 atom stereocenters. The lowest BCUT2D eigenvalue weighted by atomic mass is 10.3. The van der Waals surface area contributed by atoms with E-state index in [-0.39, 0.29) is 5.82 Å². The van der Waals surface area contributed by atoms with Crippen molar-refractivity contribution in [2.24, 2.45) is 0 Å². The minimum absolute atomic E-state index is 0.355. The Kier molecular flexibility index (Phi) is 3.83. The molecule has 0 bridgehead atoms. The van der Waals surface area contributed by atoms with Crippen LogP contribution in [-0.4, -0.2) is 15.1 Å². The molecule has 2 aromatic heterocycles. The highest BCUT2D eigenvalue weighted by Gasteiger charge is 2.10. The fourth-order valence-corrected chi connectivity index (χ4v) is 2.49. The van der Waals surface area contributed by atoms with Crippen LogP contribution in [0.4, 0.5) is 10.1 Å². The third-order valence-electron chi connectivity index (χ3n) is 2.69. The molecule has 106 valence electrons. The van der Waals surface area contributed by atoms with Crippen LogP contribution in [0, 0.1) is 5.82 Å². The van der Waals surface area contributed by atoms with Gasteiger partial charge in [0.05, 0.1) is 5.75 Å². The first-order chi connectivity index (χ1) is 10.2. The van der Waals surface area contributed by atoms with E-state index in [0.717, 1.165) is 4.90 Å². The zero-order valence-corrected chi connectivity index (χ0v) is 11.7. The second kappa shape index (κ2) is 5.92. The van der Waals surface area contributed by atoms with Gasteiger partial charge in [0.2, 0.25) is 11.7 Å². The monoisotopic (exact) mass is 302 g/mol. The largest absolute Gasteiger partial charge is 0.398 e. The average Bonchev–Trinajstić information content (AvgIpc) is 2.96. The predicted octanol–water partition coefficient (Wildman–Crippen LogP) is 3.15. The van der Waals surface area contributed by atoms with Crippen molar-refractivity contribution in [1.82, 2.24) is 15.1 Å². The average molecular weight is 302 g/mol. The van der Waals surface area contributed by atoms with E-state index < -0.39 is 0 Å². The summed E-state index contributed by atoms with van der Waals surface area (Å²) in [5.74, 6) is 1.00. The lowest BCUT2D eigenvalue weighted by Gasteiger charge is -2.02. The minimum Gasteiger partial charge on any atom is -0.398 e. The number of benzene rings is 1. The molecular formula is C14H11FN4OS. The Morgan fingerprint density at radius 3 is 2.90 bits per heavy atom. The van der Waals surface area contributed by atoms with Crippen LogP contribution < -0.4 is 5.73 Å². The van der Waals surface area contributed by atoms with Crippen molar-refractivity contribution >= 4 is 17.4 Å². The molecule has 0 aliphatic heterocycles. The number of anilines is 1. The SMILES string of the molecule is Nc1cc(F)ccc1SCc1nc(-c2ccccn2)no1. The summed E-state index contributed by atoms with van der Waals surface area (Å²) < 4.78 is 18.1. The van der Waals surface area contributed by atoms with Crippen molar-refractivity contribution in [1.29, 1.82) is 0 Å². The van der Waals surface area contributed by atoms with Crippen LogP contribution in [0.25, 0.3) is 11.5 Å². The summed E-state index contributed by atoms with van der Waals surface area (Å²) in [6, 6.07) is 9.76. The smallest absolute Gasteiger partial charge is 0.237 e. The van der Waals surface area contributed by atoms with Crippen LogP contribution in [0.15, 0.2) is 52.0 Å². The number of nitrogens with zero attached hydrogens (tertiary/aromatic N) is 3. The van der Waals surface area contributed by atoms with Gasteiger partial charge in [-0.15, -0.1) is 11.8 Å². The molecule has 3 rings (SSSR count). The Morgan fingerprint density at radius 2 is 2.14 bits per heavy atom. The quantitative estimate of drug-likeness (QED) is 0.589. The summed E-state index contributed by atoms with van der Waals surface area (Å²) in [7, 11) is 0. The molecule has 2 heterocycles. The number of aromatic nitrogens is 3. The first-order valence-electron chi connectivity index (χ1n) is 6.14. The molecule has 0 fully saturated rings. The summed E-state index contributed by atoms with van der Waals surface area (Å²) in [6.07, 6.45) is 1.67. The van der Waals surface area contributed by atoms with Crippen LogP contribution in [0.1, 0.15) is 5.89 Å². The van der Waals surface area contributed by atoms with Gasteiger partial charge in [-0.25, -0.2) is 4.39 Å². The van der Waals surface area contributed by atoms with E-state index in [1.807, 2.05) is 12.1 Å². The summed E-state index contributed by atoms with van der Waals surface area (Å²) in [6.45, 7) is 0. The topological polar surface area (TPSA) is 77.8 Å². The second-order valence-corrected chi connectivity index (χ2v) is 5.21. The Labute approximate surface area is 124 Å². The summed E-state index contributed by atoms with van der Waals surface area (Å²) in [4.78, 5) is 9.19. The van der Waals surface area contributed by atoms with E-state index >= 15 is 0 Å². The molecule has 1 aromatic carbocycles. The highest BCUT2D eigenvalue weighted by molar-refractivity contribution is 7.98. The number of nitrogen functional groups attached to an aromatic ring is 1. The fraction of sp³-hybridized carbons (Fsp3) is 0.0714. The van der Waals surface area contributed by atoms with E-state index in [1.54, 1.807) is 18.3 Å². The fourth-order valence-electron chi connectivity index (χ4n) is 1.70. The van der Waals surface area contributed by atoms with Gasteiger partial charge in [-0.3, -0.25) is 4.98 Å². The molecule has 0 radical (unpaired) electrons. The van der Waals surface area contributed by atoms with Crippen molar-refractivity contribution in [2.45, 2.75) is 10.6 Å². The lowest BCUT2D eigenvalue weighted by molar-refractivity contribution is 0.391. The standard InChI is InChI=1S/C14H11FN4OS/c15-9-4-5-12(10(16)7-9)21-8-13-18-14(19-20-13)11-3-1-2-6-17-11/h1-7H,8,16H2. The molecule has 0 unspecified atom stereocenters. The highest BCUT2D eigenvalue weighted by atomic mass is 32.2. The van der Waals surface area contributed by atoms with Gasteiger partial charge >= 0.3 is 0 Å². The molecule has 21 heavy (non-hydrogen) atoms. The van der Waals surface area contributed by atoms with Gasteiger partial charge in [-0.1, -0.05) is 11.2 Å². The van der Waals surface area contributed by atoms with Gasteiger partial charge in [0.15, 0.2) is 0 Å². The van der Waals surface area contributed by atoms with E-state index in [4.69, 9.17) is 10.3 Å². The molecule has 3 aromatic rings. The summed E-state index contributed by atoms with van der Waals surface area (Å²) >= 11 is 1.41. The number of nitrogens with two attached hydrogens (primary N) is 1. The van der Waals surface area contributed by atoms with Crippen LogP contribution in [-0.2, 0) is 5.75 Å². The van der Waals surface area contributed by atoms with E-state index in [9.17, 15) is 4.39 Å². The number of hydrogen-bond acceptors (Lipinski definition) is 6. The number of thioether (sulfide) groups is 1. The van der Waals surface area contributed by atoms with Gasteiger partial charge < -0.3 is 10.3 Å². The molecule has 7 heteroatoms. The molecular weight excluding hydrogens is 291 g/mol. The Morgan fingerprint density at radius 1 is 1.24 bits per heavy atom. The highest BCUT2D eigenvalue weighted by Crippen LogP contribution is 2.28. The maximum atomic E-state index is 13.0. The molecule has 2 N–H and O–H groups in total. The summed E-state index contributed by atoms with van der Waals surface area (Å²) in [5.41, 5.74) is 6.79. The minimum atomic E-state index is -0.355. The maximum Gasteiger partial charge on any atom is 0.237 e. The first-order valence-corrected chi connectivity index (χ1v) is 7.13. The first kappa shape index (κ1) is 13.6. The van der Waals surface area contributed by atoms with Crippen molar-refractivity contribution in [2.75, 3.05) is 5.73 Å². The van der Waals surface area contributed by atoms with Crippen molar-refractivity contribution in [3.63, 3.8) is 0 Å². The Balaban J connectivity index is 1.70. The summed E-state index contributed by atoms with van der Waals surface area (Å²) in [5, 5.41) is 3.88. The van der Waals surface area contributed by atoms with Crippen LogP contribution in [0.3, 0.4) is 0 Å². The number of halogens is 1. The molecule has 0 saturated carbocycles. The molecule has 0 saturated heterocycles. The van der Waals surface area contributed by atoms with Gasteiger partial charge in [0, 0.05) is 16.8 Å². The predicted molar refractivity (Wildman–Crippen MR) is 77.9 cm³/mol. The normalized spacial score (nSPS) is 10.7. The van der Waals surface area contributed by atoms with Crippen molar-refractivity contribution in [3.05, 3.63) is 54.3 Å². The van der Waals surface area contributed by atoms with E-state index in [2.05, 4.69) is 15.1 Å². The number of rotatable bonds is 4. The number of hydrogen-bond donors (Lipinski definition) is 1. The molecule has 0 spiro atoms. The van der Waals surface area contributed by atoms with E-state index in [1.165, 1.54) is 23.9 Å². The second-order valence-electron chi connectivity index (χ2n) is 4.20. The zero-order chi connectivity index (χ0) is 14.7. The van der Waals surface area contributed by atoms with Gasteiger partial charge in [0.25, 0.3) is 0 Å². The van der Waals surface area contributed by atoms with Crippen LogP contribution >= 0.6 is 11.8 Å². The van der Waals surface area contributed by atoms with Crippen LogP contribution in [0.2, 0.25) is 0 Å². The van der Waals surface area contributed by atoms with Crippen molar-refractivity contribution < 1.29 is 8.91 Å². The molecule has 5 nitrogen and oxygen atoms in total.